The van der Waals surface area contributed by atoms with E-state index in [1.165, 1.54) is 0 Å². The van der Waals surface area contributed by atoms with Crippen LogP contribution in [0.3, 0.4) is 0 Å². The molecule has 0 aromatic carbocycles. The van der Waals surface area contributed by atoms with E-state index < -0.39 is 0 Å². The fraction of sp³-hybridized carbons (Fsp3) is 1.00. The Bertz CT molecular complexity index is 208. The summed E-state index contributed by atoms with van der Waals surface area (Å²) in [7, 11) is 0. The molecule has 0 aromatic rings. The average Bonchev–Trinajstić information content (AvgIpc) is 2.06. The Morgan fingerprint density at radius 3 is 1.22 bits per heavy atom. The Labute approximate surface area is 116 Å². The molecule has 0 fully saturated rings. The molecule has 110 valence electrons. The van der Waals surface area contributed by atoms with Crippen LogP contribution in [0.15, 0.2) is 0 Å². The van der Waals surface area contributed by atoms with Crippen LogP contribution in [0.5, 0.6) is 0 Å². The molecule has 0 bridgehead atoms. The van der Waals surface area contributed by atoms with E-state index >= 15 is 0 Å². The highest BCUT2D eigenvalue weighted by Crippen LogP contribution is 2.24. The second kappa shape index (κ2) is 6.38. The van der Waals surface area contributed by atoms with Gasteiger partial charge in [0.25, 0.3) is 0 Å². The lowest BCUT2D eigenvalue weighted by Gasteiger charge is -2.47. The van der Waals surface area contributed by atoms with Crippen LogP contribution >= 0.6 is 0 Å². The van der Waals surface area contributed by atoms with Crippen LogP contribution in [0.25, 0.3) is 0 Å². The van der Waals surface area contributed by atoms with Crippen molar-refractivity contribution < 1.29 is 0 Å². The Morgan fingerprint density at radius 2 is 1.00 bits per heavy atom. The zero-order chi connectivity index (χ0) is 14.7. The van der Waals surface area contributed by atoms with Crippen LogP contribution in [0.2, 0.25) is 0 Å². The predicted octanol–water partition coefficient (Wildman–Crippen LogP) is 4.00. The van der Waals surface area contributed by atoms with Gasteiger partial charge in [-0.3, -0.25) is 9.80 Å². The second-order valence-corrected chi connectivity index (χ2v) is 7.92. The van der Waals surface area contributed by atoms with Gasteiger partial charge >= 0.3 is 0 Å². The molecule has 0 saturated heterocycles. The van der Waals surface area contributed by atoms with Gasteiger partial charge in [-0.15, -0.1) is 0 Å². The first-order valence-corrected chi connectivity index (χ1v) is 7.41. The standard InChI is InChI=1S/C16H36N2/c1-13(2)17(14(3)4)11-12-18(15(5,6)7)16(8,9)10/h13-14H,11-12H2,1-10H3. The molecule has 0 unspecified atom stereocenters. The van der Waals surface area contributed by atoms with Crippen molar-refractivity contribution >= 4 is 0 Å². The third-order valence-electron chi connectivity index (χ3n) is 3.53. The highest BCUT2D eigenvalue weighted by molar-refractivity contribution is 4.87. The van der Waals surface area contributed by atoms with Gasteiger partial charge in [-0.2, -0.15) is 0 Å². The lowest BCUT2D eigenvalue weighted by Crippen LogP contribution is -2.55. The third-order valence-corrected chi connectivity index (χ3v) is 3.53. The van der Waals surface area contributed by atoms with E-state index in [2.05, 4.69) is 79.0 Å². The topological polar surface area (TPSA) is 6.48 Å². The Kier molecular flexibility index (Phi) is 6.35. The largest absolute Gasteiger partial charge is 0.297 e. The Hall–Kier alpha value is -0.0800. The zero-order valence-corrected chi connectivity index (χ0v) is 14.5. The summed E-state index contributed by atoms with van der Waals surface area (Å²) in [6.45, 7) is 25.3. The molecule has 0 heterocycles. The minimum absolute atomic E-state index is 0.220. The molecule has 0 aliphatic carbocycles. The van der Waals surface area contributed by atoms with Crippen molar-refractivity contribution in [3.63, 3.8) is 0 Å². The summed E-state index contributed by atoms with van der Waals surface area (Å²) >= 11 is 0. The van der Waals surface area contributed by atoms with Crippen molar-refractivity contribution in [1.82, 2.24) is 9.80 Å². The molecule has 0 aliphatic heterocycles. The van der Waals surface area contributed by atoms with Gasteiger partial charge in [0.1, 0.15) is 0 Å². The highest BCUT2D eigenvalue weighted by atomic mass is 15.3. The number of rotatable bonds is 5. The minimum atomic E-state index is 0.220. The van der Waals surface area contributed by atoms with Crippen LogP contribution in [0.4, 0.5) is 0 Å². The molecular weight excluding hydrogens is 220 g/mol. The monoisotopic (exact) mass is 256 g/mol. The van der Waals surface area contributed by atoms with E-state index in [1.54, 1.807) is 0 Å². The molecule has 0 amide bonds. The summed E-state index contributed by atoms with van der Waals surface area (Å²) in [5.41, 5.74) is 0.440. The fourth-order valence-electron chi connectivity index (χ4n) is 3.01. The van der Waals surface area contributed by atoms with E-state index in [0.717, 1.165) is 13.1 Å². The van der Waals surface area contributed by atoms with Gasteiger partial charge < -0.3 is 0 Å². The van der Waals surface area contributed by atoms with Crippen molar-refractivity contribution in [3.05, 3.63) is 0 Å². The highest BCUT2D eigenvalue weighted by Gasteiger charge is 2.31. The third kappa shape index (κ3) is 5.71. The normalized spacial score (nSPS) is 14.3. The molecule has 0 spiro atoms. The smallest absolute Gasteiger partial charge is 0.0130 e. The van der Waals surface area contributed by atoms with E-state index in [9.17, 15) is 0 Å². The summed E-state index contributed by atoms with van der Waals surface area (Å²) in [6, 6.07) is 1.23. The summed E-state index contributed by atoms with van der Waals surface area (Å²) in [4.78, 5) is 5.18. The molecule has 0 N–H and O–H groups in total. The van der Waals surface area contributed by atoms with Gasteiger partial charge in [-0.25, -0.2) is 0 Å². The SMILES string of the molecule is CC(C)N(CCN(C(C)(C)C)C(C)(C)C)C(C)C. The second-order valence-electron chi connectivity index (χ2n) is 7.92. The van der Waals surface area contributed by atoms with Gasteiger partial charge in [0, 0.05) is 36.3 Å². The van der Waals surface area contributed by atoms with E-state index in [4.69, 9.17) is 0 Å². The minimum Gasteiger partial charge on any atom is -0.297 e. The van der Waals surface area contributed by atoms with Crippen molar-refractivity contribution in [2.75, 3.05) is 13.1 Å². The summed E-state index contributed by atoms with van der Waals surface area (Å²) in [5.74, 6) is 0. The van der Waals surface area contributed by atoms with Gasteiger partial charge in [-0.05, 0) is 69.2 Å². The van der Waals surface area contributed by atoms with Gasteiger partial charge in [0.05, 0.1) is 0 Å². The van der Waals surface area contributed by atoms with Crippen LogP contribution in [-0.2, 0) is 0 Å². The molecule has 0 radical (unpaired) electrons. The number of hydrogen-bond acceptors (Lipinski definition) is 2. The maximum absolute atomic E-state index is 2.61. The molecule has 0 aliphatic rings. The lowest BCUT2D eigenvalue weighted by molar-refractivity contribution is 0.0205. The maximum Gasteiger partial charge on any atom is 0.0130 e. The van der Waals surface area contributed by atoms with Gasteiger partial charge in [0.2, 0.25) is 0 Å². The molecule has 2 heteroatoms. The number of hydrogen-bond donors (Lipinski definition) is 0. The lowest BCUT2D eigenvalue weighted by atomic mass is 9.96. The van der Waals surface area contributed by atoms with Gasteiger partial charge in [0.15, 0.2) is 0 Å². The van der Waals surface area contributed by atoms with Crippen LogP contribution < -0.4 is 0 Å². The van der Waals surface area contributed by atoms with Crippen molar-refractivity contribution in [1.29, 1.82) is 0 Å². The Balaban J connectivity index is 4.72. The molecule has 0 aromatic heterocycles. The summed E-state index contributed by atoms with van der Waals surface area (Å²) in [6.07, 6.45) is 0. The van der Waals surface area contributed by atoms with Crippen molar-refractivity contribution in [2.24, 2.45) is 0 Å². The average molecular weight is 256 g/mol. The molecular formula is C16H36N2. The van der Waals surface area contributed by atoms with Crippen molar-refractivity contribution in [2.45, 2.75) is 92.4 Å². The fourth-order valence-corrected chi connectivity index (χ4v) is 3.01. The van der Waals surface area contributed by atoms with E-state index in [1.807, 2.05) is 0 Å². The molecule has 18 heavy (non-hydrogen) atoms. The maximum atomic E-state index is 2.61. The van der Waals surface area contributed by atoms with Crippen molar-refractivity contribution in [3.8, 4) is 0 Å². The van der Waals surface area contributed by atoms with Crippen LogP contribution in [-0.4, -0.2) is 46.1 Å². The zero-order valence-electron chi connectivity index (χ0n) is 14.5. The van der Waals surface area contributed by atoms with E-state index in [-0.39, 0.29) is 11.1 Å². The summed E-state index contributed by atoms with van der Waals surface area (Å²) < 4.78 is 0. The predicted molar refractivity (Wildman–Crippen MR) is 83.2 cm³/mol. The van der Waals surface area contributed by atoms with Crippen LogP contribution in [0.1, 0.15) is 69.2 Å². The van der Waals surface area contributed by atoms with E-state index in [0.29, 0.717) is 12.1 Å². The first-order chi connectivity index (χ1) is 7.87. The first-order valence-electron chi connectivity index (χ1n) is 7.41. The summed E-state index contributed by atoms with van der Waals surface area (Å²) in [5, 5.41) is 0. The Morgan fingerprint density at radius 1 is 0.667 bits per heavy atom. The molecule has 0 atom stereocenters. The molecule has 0 saturated carbocycles. The quantitative estimate of drug-likeness (QED) is 0.733. The molecule has 0 rings (SSSR count). The number of nitrogens with zero attached hydrogens (tertiary/aromatic N) is 2. The van der Waals surface area contributed by atoms with Gasteiger partial charge in [-0.1, -0.05) is 0 Å². The molecule has 2 nitrogen and oxygen atoms in total. The first kappa shape index (κ1) is 17.9. The van der Waals surface area contributed by atoms with Crippen LogP contribution in [0, 0.1) is 0 Å².